The van der Waals surface area contributed by atoms with E-state index in [1.807, 2.05) is 19.9 Å². The Kier molecular flexibility index (Phi) is 6.87. The van der Waals surface area contributed by atoms with Crippen molar-refractivity contribution >= 4 is 28.5 Å². The summed E-state index contributed by atoms with van der Waals surface area (Å²) in [5.41, 5.74) is 1.16. The number of aromatic amines is 1. The van der Waals surface area contributed by atoms with Crippen molar-refractivity contribution in [2.45, 2.75) is 39.2 Å². The molecule has 1 aliphatic rings. The predicted octanol–water partition coefficient (Wildman–Crippen LogP) is 2.52. The predicted molar refractivity (Wildman–Crippen MR) is 111 cm³/mol. The quantitative estimate of drug-likeness (QED) is 0.437. The summed E-state index contributed by atoms with van der Waals surface area (Å²) in [5.74, 6) is -0.215. The van der Waals surface area contributed by atoms with Gasteiger partial charge in [0.25, 0.3) is 0 Å². The molecule has 2 aromatic heterocycles. The number of nitrogens with one attached hydrogen (secondary N) is 3. The number of hydrogen-bond donors (Lipinski definition) is 3. The van der Waals surface area contributed by atoms with Gasteiger partial charge in [0.2, 0.25) is 0 Å². The molecule has 0 aromatic carbocycles. The van der Waals surface area contributed by atoms with Crippen molar-refractivity contribution in [1.29, 1.82) is 0 Å². The third-order valence-corrected chi connectivity index (χ3v) is 5.70. The normalized spacial score (nSPS) is 21.8. The average Bonchev–Trinajstić information content (AvgIpc) is 3.19. The van der Waals surface area contributed by atoms with Crippen LogP contribution in [0.2, 0.25) is 0 Å². The minimum Gasteiger partial charge on any atom is -0.460 e. The van der Waals surface area contributed by atoms with Gasteiger partial charge in [-0.3, -0.25) is 4.79 Å². The maximum atomic E-state index is 12.9. The van der Waals surface area contributed by atoms with E-state index in [2.05, 4.69) is 20.6 Å². The first-order valence-electron chi connectivity index (χ1n) is 10.1. The number of pyridine rings is 1. The van der Waals surface area contributed by atoms with Crippen LogP contribution in [0, 0.1) is 5.41 Å². The third kappa shape index (κ3) is 4.43. The van der Waals surface area contributed by atoms with Crippen LogP contribution in [0.1, 0.15) is 43.5 Å². The van der Waals surface area contributed by atoms with E-state index in [1.54, 1.807) is 13.3 Å². The van der Waals surface area contributed by atoms with Crippen molar-refractivity contribution in [3.8, 4) is 0 Å². The van der Waals surface area contributed by atoms with Crippen LogP contribution in [0.15, 0.2) is 18.5 Å². The summed E-state index contributed by atoms with van der Waals surface area (Å²) in [6.45, 7) is 5.97. The summed E-state index contributed by atoms with van der Waals surface area (Å²) in [6, 6.07) is 1.72. The minimum atomic E-state index is -0.510. The van der Waals surface area contributed by atoms with E-state index >= 15 is 0 Å². The molecular weight excluding hydrogens is 372 g/mol. The van der Waals surface area contributed by atoms with Gasteiger partial charge in [-0.25, -0.2) is 9.78 Å². The lowest BCUT2D eigenvalue weighted by Gasteiger charge is -2.41. The lowest BCUT2D eigenvalue weighted by atomic mass is 9.72. The number of Topliss-reactive ketones (excluding diaryl/α,β-unsaturated/α-hetero) is 1. The lowest BCUT2D eigenvalue weighted by molar-refractivity contribution is -0.129. The van der Waals surface area contributed by atoms with E-state index in [0.29, 0.717) is 36.5 Å². The molecule has 0 amide bonds. The fourth-order valence-electron chi connectivity index (χ4n) is 3.84. The monoisotopic (exact) mass is 402 g/mol. The van der Waals surface area contributed by atoms with Crippen LogP contribution in [-0.2, 0) is 14.3 Å². The van der Waals surface area contributed by atoms with Crippen molar-refractivity contribution in [3.63, 3.8) is 0 Å². The first-order chi connectivity index (χ1) is 14.0. The Balaban J connectivity index is 1.94. The number of methoxy groups -OCH3 is 1. The molecule has 8 nitrogen and oxygen atoms in total. The van der Waals surface area contributed by atoms with E-state index < -0.39 is 11.4 Å². The number of ether oxygens (including phenoxy) is 2. The molecule has 1 aliphatic heterocycles. The molecular formula is C21H30N4O4. The number of H-pyrrole nitrogens is 1. The molecule has 1 saturated heterocycles. The Morgan fingerprint density at radius 2 is 2.21 bits per heavy atom. The Morgan fingerprint density at radius 3 is 2.97 bits per heavy atom. The van der Waals surface area contributed by atoms with Crippen molar-refractivity contribution in [1.82, 2.24) is 15.3 Å². The Morgan fingerprint density at radius 1 is 1.38 bits per heavy atom. The summed E-state index contributed by atoms with van der Waals surface area (Å²) < 4.78 is 10.3. The summed E-state index contributed by atoms with van der Waals surface area (Å²) in [7, 11) is 1.55. The second-order valence-corrected chi connectivity index (χ2v) is 7.66. The van der Waals surface area contributed by atoms with Crippen molar-refractivity contribution in [2.24, 2.45) is 5.41 Å². The maximum Gasteiger partial charge on any atom is 0.341 e. The molecule has 2 aromatic rings. The number of carbonyl (C=O) groups is 2. The topological polar surface area (TPSA) is 105 Å². The smallest absolute Gasteiger partial charge is 0.341 e. The lowest BCUT2D eigenvalue weighted by Crippen LogP contribution is -2.55. The number of piperidine rings is 1. The van der Waals surface area contributed by atoms with Crippen LogP contribution in [0.3, 0.4) is 0 Å². The largest absolute Gasteiger partial charge is 0.460 e. The van der Waals surface area contributed by atoms with E-state index in [-0.39, 0.29) is 18.4 Å². The zero-order valence-electron chi connectivity index (χ0n) is 17.3. The molecule has 29 heavy (non-hydrogen) atoms. The molecule has 0 aliphatic carbocycles. The molecule has 3 rings (SSSR count). The van der Waals surface area contributed by atoms with Crippen molar-refractivity contribution in [3.05, 3.63) is 24.0 Å². The summed E-state index contributed by atoms with van der Waals surface area (Å²) in [5, 5.41) is 7.67. The number of nitrogens with zero attached hydrogens (tertiary/aromatic N) is 1. The molecule has 8 heteroatoms. The summed E-state index contributed by atoms with van der Waals surface area (Å²) in [4.78, 5) is 33.0. The highest BCUT2D eigenvalue weighted by Gasteiger charge is 2.42. The first-order valence-corrected chi connectivity index (χ1v) is 10.1. The van der Waals surface area contributed by atoms with Gasteiger partial charge in [-0.2, -0.15) is 0 Å². The summed E-state index contributed by atoms with van der Waals surface area (Å²) >= 11 is 0. The highest BCUT2D eigenvalue weighted by Crippen LogP contribution is 2.36. The maximum absolute atomic E-state index is 12.9. The van der Waals surface area contributed by atoms with E-state index in [1.165, 1.54) is 6.20 Å². The Hall–Kier alpha value is -2.45. The zero-order chi connectivity index (χ0) is 20.9. The number of ketones is 1. The van der Waals surface area contributed by atoms with Crippen LogP contribution in [0.5, 0.6) is 0 Å². The van der Waals surface area contributed by atoms with Gasteiger partial charge in [0.05, 0.1) is 18.3 Å². The minimum absolute atomic E-state index is 0.152. The van der Waals surface area contributed by atoms with Gasteiger partial charge >= 0.3 is 5.97 Å². The molecule has 0 unspecified atom stereocenters. The molecule has 0 bridgehead atoms. The van der Waals surface area contributed by atoms with Gasteiger partial charge in [-0.05, 0) is 25.5 Å². The molecule has 0 saturated carbocycles. The Labute approximate surface area is 170 Å². The van der Waals surface area contributed by atoms with Crippen molar-refractivity contribution < 1.29 is 19.1 Å². The standard InChI is InChI=1S/C21H30N4O4/c1-4-5-17(26)21(2)7-9-22-13-16(21)25-18-14-6-8-23-19(14)24-12-15(18)20(27)29-11-10-28-3/h6,8,12,16,22H,4-5,7,9-11,13H2,1-3H3,(H2,23,24,25)/t16-,21+/m1/s1. The van der Waals surface area contributed by atoms with E-state index in [9.17, 15) is 9.59 Å². The molecule has 3 heterocycles. The van der Waals surface area contributed by atoms with E-state index in [0.717, 1.165) is 24.8 Å². The number of rotatable bonds is 9. The van der Waals surface area contributed by atoms with Crippen LogP contribution < -0.4 is 10.6 Å². The zero-order valence-corrected chi connectivity index (χ0v) is 17.3. The number of hydrogen-bond acceptors (Lipinski definition) is 7. The van der Waals surface area contributed by atoms with Crippen LogP contribution in [-0.4, -0.2) is 61.2 Å². The third-order valence-electron chi connectivity index (χ3n) is 5.70. The van der Waals surface area contributed by atoms with Gasteiger partial charge in [0, 0.05) is 43.3 Å². The SMILES string of the molecule is CCCC(=O)[C@@]1(C)CCNC[C@H]1Nc1c(C(=O)OCCOC)cnc2[nH]ccc12. The fourth-order valence-corrected chi connectivity index (χ4v) is 3.84. The van der Waals surface area contributed by atoms with Crippen LogP contribution >= 0.6 is 0 Å². The average molecular weight is 402 g/mol. The summed E-state index contributed by atoms with van der Waals surface area (Å²) in [6.07, 6.45) is 5.42. The van der Waals surface area contributed by atoms with Gasteiger partial charge in [-0.1, -0.05) is 13.8 Å². The molecule has 0 spiro atoms. The number of aromatic nitrogens is 2. The Bertz CT molecular complexity index is 865. The molecule has 0 radical (unpaired) electrons. The van der Waals surface area contributed by atoms with Crippen LogP contribution in [0.4, 0.5) is 5.69 Å². The molecule has 158 valence electrons. The first kappa shape index (κ1) is 21.3. The van der Waals surface area contributed by atoms with Gasteiger partial charge in [0.15, 0.2) is 0 Å². The molecule has 1 fully saturated rings. The van der Waals surface area contributed by atoms with Crippen LogP contribution in [0.25, 0.3) is 11.0 Å². The van der Waals surface area contributed by atoms with E-state index in [4.69, 9.17) is 9.47 Å². The molecule has 3 N–H and O–H groups in total. The number of carbonyl (C=O) groups excluding carboxylic acids is 2. The van der Waals surface area contributed by atoms with Gasteiger partial charge in [-0.15, -0.1) is 0 Å². The highest BCUT2D eigenvalue weighted by molar-refractivity contribution is 6.04. The van der Waals surface area contributed by atoms with Gasteiger partial charge < -0.3 is 25.1 Å². The molecule has 2 atom stereocenters. The number of fused-ring (bicyclic) bond motifs is 1. The number of esters is 1. The highest BCUT2D eigenvalue weighted by atomic mass is 16.6. The second kappa shape index (κ2) is 9.37. The van der Waals surface area contributed by atoms with Crippen molar-refractivity contribution in [2.75, 3.05) is 38.7 Å². The number of anilines is 1. The van der Waals surface area contributed by atoms with Gasteiger partial charge in [0.1, 0.15) is 23.6 Å². The fraction of sp³-hybridized carbons (Fsp3) is 0.571. The second-order valence-electron chi connectivity index (χ2n) is 7.66.